The van der Waals surface area contributed by atoms with Crippen LogP contribution in [0.5, 0.6) is 0 Å². The van der Waals surface area contributed by atoms with Gasteiger partial charge in [0.05, 0.1) is 21.9 Å². The number of halogens is 4. The molecule has 1 amide bonds. The first-order valence-electron chi connectivity index (χ1n) is 7.86. The minimum Gasteiger partial charge on any atom is -0.481 e. The average Bonchev–Trinajstić information content (AvgIpc) is 3.18. The number of aromatic nitrogens is 1. The Morgan fingerprint density at radius 1 is 1.38 bits per heavy atom. The number of benzene rings is 1. The number of thiazole rings is 1. The number of nitrogens with zero attached hydrogens (tertiary/aromatic N) is 2. The number of hydrogen-bond donors (Lipinski definition) is 1. The van der Waals surface area contributed by atoms with E-state index in [0.29, 0.717) is 4.88 Å². The van der Waals surface area contributed by atoms with Crippen molar-refractivity contribution in [3.05, 3.63) is 44.8 Å². The highest BCUT2D eigenvalue weighted by atomic mass is 35.5. The summed E-state index contributed by atoms with van der Waals surface area (Å²) in [5, 5.41) is 9.16. The summed E-state index contributed by atoms with van der Waals surface area (Å²) in [7, 11) is 0. The van der Waals surface area contributed by atoms with E-state index in [0.717, 1.165) is 41.3 Å². The minimum atomic E-state index is -4.51. The van der Waals surface area contributed by atoms with Crippen LogP contribution in [0.25, 0.3) is 16.6 Å². The summed E-state index contributed by atoms with van der Waals surface area (Å²) in [5.41, 5.74) is -0.701. The molecule has 5 nitrogen and oxygen atoms in total. The number of hydrogen-bond acceptors (Lipinski definition) is 6. The van der Waals surface area contributed by atoms with Crippen molar-refractivity contribution in [1.29, 1.82) is 0 Å². The number of aliphatic carboxylic acids is 1. The average molecular weight is 479 g/mol. The molecule has 1 aromatic heterocycles. The van der Waals surface area contributed by atoms with Gasteiger partial charge in [-0.15, -0.1) is 11.3 Å². The van der Waals surface area contributed by atoms with Gasteiger partial charge in [0.25, 0.3) is 5.91 Å². The molecule has 1 aliphatic heterocycles. The molecular weight excluding hydrogens is 469 g/mol. The zero-order valence-electron chi connectivity index (χ0n) is 14.2. The molecule has 2 heterocycles. The molecular formula is C17H10ClF3N2O3S3. The van der Waals surface area contributed by atoms with E-state index in [1.165, 1.54) is 17.2 Å². The van der Waals surface area contributed by atoms with Gasteiger partial charge in [-0.1, -0.05) is 35.6 Å². The smallest absolute Gasteiger partial charge is 0.416 e. The molecule has 0 radical (unpaired) electrons. The Bertz CT molecular complexity index is 1040. The molecule has 1 aliphatic rings. The first kappa shape index (κ1) is 21.8. The third-order valence-corrected chi connectivity index (χ3v) is 6.43. The molecule has 0 bridgehead atoms. The molecule has 29 heavy (non-hydrogen) atoms. The summed E-state index contributed by atoms with van der Waals surface area (Å²) in [6.07, 6.45) is -1.81. The molecule has 0 atom stereocenters. The lowest BCUT2D eigenvalue weighted by Crippen LogP contribution is -2.30. The zero-order valence-corrected chi connectivity index (χ0v) is 17.4. The summed E-state index contributed by atoms with van der Waals surface area (Å²) >= 11 is 13.2. The number of amides is 1. The van der Waals surface area contributed by atoms with E-state index in [-0.39, 0.29) is 37.8 Å². The van der Waals surface area contributed by atoms with E-state index < -0.39 is 23.6 Å². The van der Waals surface area contributed by atoms with E-state index in [2.05, 4.69) is 4.98 Å². The van der Waals surface area contributed by atoms with Crippen LogP contribution in [0.2, 0.25) is 5.02 Å². The van der Waals surface area contributed by atoms with Gasteiger partial charge >= 0.3 is 12.1 Å². The molecule has 0 aliphatic carbocycles. The van der Waals surface area contributed by atoms with Crippen molar-refractivity contribution in [2.75, 3.05) is 6.54 Å². The number of alkyl halides is 3. The maximum atomic E-state index is 13.0. The maximum absolute atomic E-state index is 13.0. The van der Waals surface area contributed by atoms with Crippen LogP contribution < -0.4 is 0 Å². The molecule has 0 unspecified atom stereocenters. The van der Waals surface area contributed by atoms with Crippen molar-refractivity contribution in [3.63, 3.8) is 0 Å². The number of thioether (sulfide) groups is 1. The highest BCUT2D eigenvalue weighted by Gasteiger charge is 2.33. The number of carbonyl (C=O) groups excluding carboxylic acids is 1. The maximum Gasteiger partial charge on any atom is 0.416 e. The van der Waals surface area contributed by atoms with Gasteiger partial charge in [0.15, 0.2) is 0 Å². The molecule has 2 aromatic rings. The molecule has 3 rings (SSSR count). The van der Waals surface area contributed by atoms with Crippen molar-refractivity contribution in [2.24, 2.45) is 0 Å². The van der Waals surface area contributed by atoms with Crippen molar-refractivity contribution < 1.29 is 27.9 Å². The van der Waals surface area contributed by atoms with Gasteiger partial charge in [-0.05, 0) is 24.3 Å². The van der Waals surface area contributed by atoms with Crippen LogP contribution in [0, 0.1) is 0 Å². The van der Waals surface area contributed by atoms with Gasteiger partial charge in [0, 0.05) is 23.2 Å². The quantitative estimate of drug-likeness (QED) is 0.473. The predicted octanol–water partition coefficient (Wildman–Crippen LogP) is 5.16. The van der Waals surface area contributed by atoms with Gasteiger partial charge < -0.3 is 5.11 Å². The normalized spacial score (nSPS) is 16.1. The second kappa shape index (κ2) is 8.42. The van der Waals surface area contributed by atoms with Crippen molar-refractivity contribution in [1.82, 2.24) is 9.88 Å². The predicted molar refractivity (Wildman–Crippen MR) is 110 cm³/mol. The topological polar surface area (TPSA) is 70.5 Å². The number of thiocarbonyl (C=S) groups is 1. The van der Waals surface area contributed by atoms with Crippen LogP contribution in [0.4, 0.5) is 13.2 Å². The summed E-state index contributed by atoms with van der Waals surface area (Å²) in [5.74, 6) is -1.47. The summed E-state index contributed by atoms with van der Waals surface area (Å²) < 4.78 is 39.1. The van der Waals surface area contributed by atoms with E-state index in [4.69, 9.17) is 28.9 Å². The lowest BCUT2D eigenvalue weighted by Gasteiger charge is -2.12. The summed E-state index contributed by atoms with van der Waals surface area (Å²) in [6, 6.07) is 2.98. The number of rotatable bonds is 5. The number of carboxylic acid groups (broad SMARTS) is 1. The third-order valence-electron chi connectivity index (χ3n) is 3.74. The van der Waals surface area contributed by atoms with Crippen LogP contribution in [-0.2, 0) is 15.8 Å². The van der Waals surface area contributed by atoms with Crippen LogP contribution in [0.1, 0.15) is 16.9 Å². The third kappa shape index (κ3) is 4.97. The Morgan fingerprint density at radius 3 is 2.76 bits per heavy atom. The number of carbonyl (C=O) groups is 2. The molecule has 12 heteroatoms. The molecule has 0 spiro atoms. The molecule has 152 valence electrons. The van der Waals surface area contributed by atoms with Crippen molar-refractivity contribution in [2.45, 2.75) is 12.6 Å². The SMILES string of the molecule is O=C(O)CCN1C(=O)/C(=C/c2cnc(-c3cc(C(F)(F)F)ccc3Cl)s2)SC1=S. The molecule has 1 aromatic carbocycles. The highest BCUT2D eigenvalue weighted by molar-refractivity contribution is 8.26. The largest absolute Gasteiger partial charge is 0.481 e. The van der Waals surface area contributed by atoms with Crippen molar-refractivity contribution >= 4 is 69.2 Å². The second-order valence-electron chi connectivity index (χ2n) is 5.74. The van der Waals surface area contributed by atoms with Gasteiger partial charge in [0.2, 0.25) is 0 Å². The number of carboxylic acids is 1. The fraction of sp³-hybridized carbons (Fsp3) is 0.176. The summed E-state index contributed by atoms with van der Waals surface area (Å²) in [4.78, 5) is 29.2. The highest BCUT2D eigenvalue weighted by Crippen LogP contribution is 2.39. The monoisotopic (exact) mass is 478 g/mol. The van der Waals surface area contributed by atoms with Crippen LogP contribution >= 0.6 is 46.9 Å². The fourth-order valence-electron chi connectivity index (χ4n) is 2.37. The standard InChI is InChI=1S/C17H10ClF3N2O3S3/c18-11-2-1-8(17(19,20)21)5-10(11)14-22-7-9(28-14)6-12-15(26)23(16(27)29-12)4-3-13(24)25/h1-2,5-7H,3-4H2,(H,24,25)/b12-6-. The van der Waals surface area contributed by atoms with E-state index in [1.54, 1.807) is 0 Å². The van der Waals surface area contributed by atoms with E-state index in [1.807, 2.05) is 0 Å². The Morgan fingerprint density at radius 2 is 2.10 bits per heavy atom. The lowest BCUT2D eigenvalue weighted by atomic mass is 10.1. The Kier molecular flexibility index (Phi) is 6.32. The van der Waals surface area contributed by atoms with Crippen molar-refractivity contribution in [3.8, 4) is 10.6 Å². The fourth-order valence-corrected chi connectivity index (χ4v) is 4.90. The summed E-state index contributed by atoms with van der Waals surface area (Å²) in [6.45, 7) is -0.0366. The second-order valence-corrected chi connectivity index (χ2v) is 8.88. The zero-order chi connectivity index (χ0) is 21.3. The van der Waals surface area contributed by atoms with Gasteiger partial charge in [-0.2, -0.15) is 13.2 Å². The van der Waals surface area contributed by atoms with Crippen LogP contribution in [0.3, 0.4) is 0 Å². The minimum absolute atomic E-state index is 0.0366. The van der Waals surface area contributed by atoms with Gasteiger partial charge in [-0.25, -0.2) is 4.98 Å². The first-order chi connectivity index (χ1) is 13.6. The lowest BCUT2D eigenvalue weighted by molar-refractivity contribution is -0.138. The Hall–Kier alpha value is -1.95. The Balaban J connectivity index is 1.85. The van der Waals surface area contributed by atoms with Gasteiger partial charge in [0.1, 0.15) is 9.33 Å². The van der Waals surface area contributed by atoms with Crippen LogP contribution in [0.15, 0.2) is 29.3 Å². The van der Waals surface area contributed by atoms with Gasteiger partial charge in [-0.3, -0.25) is 14.5 Å². The molecule has 1 N–H and O–H groups in total. The van der Waals surface area contributed by atoms with Crippen LogP contribution in [-0.4, -0.2) is 37.7 Å². The molecule has 0 saturated carbocycles. The van der Waals surface area contributed by atoms with E-state index in [9.17, 15) is 22.8 Å². The Labute approximate surface area is 181 Å². The molecule has 1 saturated heterocycles. The van der Waals surface area contributed by atoms with E-state index >= 15 is 0 Å². The first-order valence-corrected chi connectivity index (χ1v) is 10.3. The molecule has 1 fully saturated rings.